The van der Waals surface area contributed by atoms with Crippen molar-refractivity contribution in [1.82, 2.24) is 8.61 Å². The molecule has 1 saturated carbocycles. The van der Waals surface area contributed by atoms with Crippen LogP contribution in [0.4, 0.5) is 0 Å². The van der Waals surface area contributed by atoms with E-state index in [9.17, 15) is 16.8 Å². The van der Waals surface area contributed by atoms with Gasteiger partial charge < -0.3 is 18.9 Å². The lowest BCUT2D eigenvalue weighted by Gasteiger charge is -2.28. The lowest BCUT2D eigenvalue weighted by molar-refractivity contribution is 0.320. The summed E-state index contributed by atoms with van der Waals surface area (Å²) in [7, 11) is -1.97. The molecule has 0 aromatic heterocycles. The van der Waals surface area contributed by atoms with Gasteiger partial charge in [0, 0.05) is 37.3 Å². The van der Waals surface area contributed by atoms with Gasteiger partial charge in [-0.3, -0.25) is 0 Å². The van der Waals surface area contributed by atoms with Gasteiger partial charge in [-0.25, -0.2) is 16.8 Å². The maximum Gasteiger partial charge on any atom is 0.243 e. The molecule has 0 N–H and O–H groups in total. The molecule has 3 unspecified atom stereocenters. The fraction of sp³-hybridized carbons (Fsp3) is 0.478. The van der Waals surface area contributed by atoms with Crippen molar-refractivity contribution in [2.75, 3.05) is 41.5 Å². The average molecular weight is 527 g/mol. The van der Waals surface area contributed by atoms with Crippen LogP contribution in [-0.2, 0) is 20.0 Å². The smallest absolute Gasteiger partial charge is 0.243 e. The van der Waals surface area contributed by atoms with Gasteiger partial charge >= 0.3 is 0 Å². The van der Waals surface area contributed by atoms with Crippen LogP contribution in [0.15, 0.2) is 46.2 Å². The summed E-state index contributed by atoms with van der Waals surface area (Å²) in [6.07, 6.45) is 0.589. The molecule has 1 aliphatic carbocycles. The van der Waals surface area contributed by atoms with Crippen molar-refractivity contribution in [3.8, 4) is 23.0 Å². The van der Waals surface area contributed by atoms with Crippen LogP contribution in [0.25, 0.3) is 0 Å². The molecule has 2 aliphatic rings. The fourth-order valence-electron chi connectivity index (χ4n) is 4.69. The van der Waals surface area contributed by atoms with Crippen molar-refractivity contribution in [2.24, 2.45) is 5.92 Å². The molecule has 192 valence electrons. The van der Waals surface area contributed by atoms with Crippen molar-refractivity contribution < 1.29 is 35.8 Å². The highest BCUT2D eigenvalue weighted by Crippen LogP contribution is 2.46. The fourth-order valence-corrected chi connectivity index (χ4v) is 8.06. The van der Waals surface area contributed by atoms with Crippen LogP contribution in [0.3, 0.4) is 0 Å². The minimum atomic E-state index is -3.91. The van der Waals surface area contributed by atoms with Crippen LogP contribution in [0.1, 0.15) is 13.3 Å². The number of rotatable bonds is 8. The molecule has 0 radical (unpaired) electrons. The predicted octanol–water partition coefficient (Wildman–Crippen LogP) is 2.19. The Morgan fingerprint density at radius 1 is 0.686 bits per heavy atom. The van der Waals surface area contributed by atoms with E-state index in [2.05, 4.69) is 0 Å². The molecule has 0 amide bonds. The number of hydrogen-bond acceptors (Lipinski definition) is 8. The van der Waals surface area contributed by atoms with Crippen LogP contribution in [0.2, 0.25) is 0 Å². The zero-order valence-corrected chi connectivity index (χ0v) is 21.9. The summed E-state index contributed by atoms with van der Waals surface area (Å²) in [5.74, 6) is 1.35. The molecule has 4 rings (SSSR count). The Hall–Kier alpha value is -2.54. The van der Waals surface area contributed by atoms with E-state index in [1.54, 1.807) is 12.1 Å². The summed E-state index contributed by atoms with van der Waals surface area (Å²) >= 11 is 0. The molecule has 3 atom stereocenters. The minimum absolute atomic E-state index is 0.0252. The number of ether oxygens (including phenoxy) is 4. The first-order valence-electron chi connectivity index (χ1n) is 11.1. The highest BCUT2D eigenvalue weighted by molar-refractivity contribution is 7.89. The van der Waals surface area contributed by atoms with Crippen LogP contribution in [-0.4, -0.2) is 79.1 Å². The molecule has 1 heterocycles. The lowest BCUT2D eigenvalue weighted by Crippen LogP contribution is -2.42. The molecule has 2 fully saturated rings. The van der Waals surface area contributed by atoms with E-state index in [1.807, 2.05) is 6.92 Å². The summed E-state index contributed by atoms with van der Waals surface area (Å²) in [5.41, 5.74) is 0. The highest BCUT2D eigenvalue weighted by atomic mass is 32.2. The Morgan fingerprint density at radius 3 is 1.57 bits per heavy atom. The number of fused-ring (bicyclic) bond motifs is 1. The van der Waals surface area contributed by atoms with Gasteiger partial charge in [0.1, 0.15) is 0 Å². The zero-order valence-electron chi connectivity index (χ0n) is 20.3. The van der Waals surface area contributed by atoms with E-state index in [-0.39, 0.29) is 40.9 Å². The lowest BCUT2D eigenvalue weighted by atomic mass is 10.2. The third kappa shape index (κ3) is 4.44. The van der Waals surface area contributed by atoms with Crippen molar-refractivity contribution in [3.63, 3.8) is 0 Å². The number of nitrogens with zero attached hydrogens (tertiary/aromatic N) is 2. The Balaban J connectivity index is 1.64. The first-order valence-corrected chi connectivity index (χ1v) is 14.0. The van der Waals surface area contributed by atoms with Gasteiger partial charge in [0.15, 0.2) is 23.0 Å². The van der Waals surface area contributed by atoms with E-state index in [1.165, 1.54) is 61.3 Å². The molecule has 2 aromatic carbocycles. The van der Waals surface area contributed by atoms with Crippen molar-refractivity contribution in [1.29, 1.82) is 0 Å². The molecule has 1 saturated heterocycles. The predicted molar refractivity (Wildman–Crippen MR) is 128 cm³/mol. The summed E-state index contributed by atoms with van der Waals surface area (Å²) in [6, 6.07) is 8.24. The van der Waals surface area contributed by atoms with Gasteiger partial charge in [0.05, 0.1) is 38.2 Å². The second-order valence-electron chi connectivity index (χ2n) is 8.47. The number of benzene rings is 2. The van der Waals surface area contributed by atoms with Gasteiger partial charge in [-0.15, -0.1) is 0 Å². The molecule has 2 aromatic rings. The van der Waals surface area contributed by atoms with E-state index < -0.39 is 20.0 Å². The first kappa shape index (κ1) is 25.5. The van der Waals surface area contributed by atoms with E-state index in [4.69, 9.17) is 18.9 Å². The maximum atomic E-state index is 13.6. The van der Waals surface area contributed by atoms with Gasteiger partial charge in [0.2, 0.25) is 20.0 Å². The van der Waals surface area contributed by atoms with Crippen molar-refractivity contribution in [2.45, 2.75) is 35.2 Å². The molecular weight excluding hydrogens is 496 g/mol. The molecule has 10 nitrogen and oxygen atoms in total. The van der Waals surface area contributed by atoms with Crippen LogP contribution in [0, 0.1) is 5.92 Å². The zero-order chi connectivity index (χ0) is 25.5. The summed E-state index contributed by atoms with van der Waals surface area (Å²) in [4.78, 5) is 0.139. The molecule has 12 heteroatoms. The second kappa shape index (κ2) is 9.49. The second-order valence-corrected chi connectivity index (χ2v) is 12.3. The Kier molecular flexibility index (Phi) is 6.93. The summed E-state index contributed by atoms with van der Waals surface area (Å²) < 4.78 is 78.1. The molecule has 1 aliphatic heterocycles. The molecular formula is C23H30N2O8S2. The third-order valence-corrected chi connectivity index (χ3v) is 10.6. The topological polar surface area (TPSA) is 112 Å². The molecule has 0 spiro atoms. The first-order chi connectivity index (χ1) is 16.6. The van der Waals surface area contributed by atoms with Gasteiger partial charge in [-0.2, -0.15) is 8.61 Å². The highest BCUT2D eigenvalue weighted by Gasteiger charge is 2.54. The number of sulfonamides is 2. The Morgan fingerprint density at radius 2 is 1.11 bits per heavy atom. The maximum absolute atomic E-state index is 13.6. The standard InChI is InChI=1S/C23H30N2O8S2/c1-15-18-14-19(18)25(35(28,29)17-7-9-21(31-3)23(13-17)33-5)11-10-24(15)34(26,27)16-6-8-20(30-2)22(12-16)32-4/h6-9,12-13,15,18-19H,10-11,14H2,1-5H3. The van der Waals surface area contributed by atoms with E-state index in [0.29, 0.717) is 29.4 Å². The largest absolute Gasteiger partial charge is 0.493 e. The van der Waals surface area contributed by atoms with Crippen LogP contribution in [0.5, 0.6) is 23.0 Å². The van der Waals surface area contributed by atoms with Crippen LogP contribution >= 0.6 is 0 Å². The Bertz CT molecular complexity index is 1310. The number of hydrogen-bond donors (Lipinski definition) is 0. The summed E-state index contributed by atoms with van der Waals surface area (Å²) in [6.45, 7) is 1.89. The SMILES string of the molecule is COc1ccc(S(=O)(=O)N2CCN(S(=O)(=O)c3ccc(OC)c(OC)c3)C3CC3C2C)cc1OC. The Labute approximate surface area is 206 Å². The minimum Gasteiger partial charge on any atom is -0.493 e. The van der Waals surface area contributed by atoms with Crippen molar-refractivity contribution >= 4 is 20.0 Å². The van der Waals surface area contributed by atoms with E-state index >= 15 is 0 Å². The van der Waals surface area contributed by atoms with Gasteiger partial charge in [-0.1, -0.05) is 0 Å². The van der Waals surface area contributed by atoms with Gasteiger partial charge in [0.25, 0.3) is 0 Å². The molecule has 35 heavy (non-hydrogen) atoms. The van der Waals surface area contributed by atoms with Crippen molar-refractivity contribution in [3.05, 3.63) is 36.4 Å². The van der Waals surface area contributed by atoms with Gasteiger partial charge in [-0.05, 0) is 43.5 Å². The average Bonchev–Trinajstić information content (AvgIpc) is 3.66. The molecule has 0 bridgehead atoms. The number of methoxy groups -OCH3 is 4. The monoisotopic (exact) mass is 526 g/mol. The van der Waals surface area contributed by atoms with Crippen LogP contribution < -0.4 is 18.9 Å². The third-order valence-electron chi connectivity index (χ3n) is 6.71. The van der Waals surface area contributed by atoms with E-state index in [0.717, 1.165) is 0 Å². The quantitative estimate of drug-likeness (QED) is 0.515. The summed E-state index contributed by atoms with van der Waals surface area (Å²) in [5, 5.41) is 0. The normalized spacial score (nSPS) is 23.2.